The smallest absolute Gasteiger partial charge is 0.233 e. The topological polar surface area (TPSA) is 160 Å². The van der Waals surface area contributed by atoms with Gasteiger partial charge in [-0.3, -0.25) is 28.8 Å². The Bertz CT molecular complexity index is 1050. The molecule has 0 unspecified atom stereocenters. The van der Waals surface area contributed by atoms with E-state index in [0.29, 0.717) is 55.8 Å². The van der Waals surface area contributed by atoms with Gasteiger partial charge in [-0.2, -0.15) is 0 Å². The van der Waals surface area contributed by atoms with E-state index in [-0.39, 0.29) is 62.4 Å². The monoisotopic (exact) mass is 528 g/mol. The Labute approximate surface area is 222 Å². The number of hydrogen-bond acceptors (Lipinski definition) is 7. The summed E-state index contributed by atoms with van der Waals surface area (Å²) in [5.74, 6) is -1.49. The zero-order valence-corrected chi connectivity index (χ0v) is 21.7. The molecule has 0 saturated carbocycles. The summed E-state index contributed by atoms with van der Waals surface area (Å²) < 4.78 is 5.68. The molecular formula is C27H36N4O7. The lowest BCUT2D eigenvalue weighted by atomic mass is 9.94. The van der Waals surface area contributed by atoms with Crippen LogP contribution in [0.5, 0.6) is 0 Å². The maximum absolute atomic E-state index is 12.0. The third-order valence-electron chi connectivity index (χ3n) is 5.60. The van der Waals surface area contributed by atoms with Crippen molar-refractivity contribution in [2.24, 2.45) is 0 Å². The maximum Gasteiger partial charge on any atom is 0.233 e. The summed E-state index contributed by atoms with van der Waals surface area (Å²) in [4.78, 5) is 70.7. The number of hydrogen-bond donors (Lipinski definition) is 4. The van der Waals surface area contributed by atoms with Gasteiger partial charge in [0.1, 0.15) is 5.76 Å². The van der Waals surface area contributed by atoms with Gasteiger partial charge in [0.25, 0.3) is 0 Å². The highest BCUT2D eigenvalue weighted by atomic mass is 16.5. The molecule has 0 spiro atoms. The standard InChI is InChI=1S/C27H36N4O7/c1-2-28-25(35)12-15-31-24(34)11-7-14-29-26(36)13-16-30-23(33)10-5-6-17-38-22-18-21(32)27(37)20-9-4-3-8-19(20)22/h3-4,8-9,18H,2,5-7,10-17H2,1H3,(H,28,35)(H,29,36)(H,30,33)(H,31,34). The summed E-state index contributed by atoms with van der Waals surface area (Å²) >= 11 is 0. The predicted octanol–water partition coefficient (Wildman–Crippen LogP) is 1.02. The van der Waals surface area contributed by atoms with E-state index in [4.69, 9.17) is 4.74 Å². The molecule has 11 heteroatoms. The van der Waals surface area contributed by atoms with Crippen molar-refractivity contribution in [1.29, 1.82) is 0 Å². The molecule has 0 saturated heterocycles. The molecule has 4 N–H and O–H groups in total. The molecule has 0 heterocycles. The van der Waals surface area contributed by atoms with Crippen LogP contribution in [0.25, 0.3) is 5.76 Å². The van der Waals surface area contributed by atoms with Gasteiger partial charge in [0.2, 0.25) is 35.2 Å². The Hall–Kier alpha value is -4.02. The first-order valence-corrected chi connectivity index (χ1v) is 12.9. The lowest BCUT2D eigenvalue weighted by Crippen LogP contribution is -2.32. The molecule has 0 atom stereocenters. The second-order valence-corrected chi connectivity index (χ2v) is 8.66. The summed E-state index contributed by atoms with van der Waals surface area (Å²) in [6.07, 6.45) is 3.69. The summed E-state index contributed by atoms with van der Waals surface area (Å²) in [6, 6.07) is 6.78. The van der Waals surface area contributed by atoms with Gasteiger partial charge in [-0.1, -0.05) is 24.3 Å². The van der Waals surface area contributed by atoms with Crippen LogP contribution in [-0.4, -0.2) is 68.0 Å². The number of nitrogens with one attached hydrogen (secondary N) is 4. The number of ketones is 2. The molecule has 0 radical (unpaired) electrons. The third-order valence-corrected chi connectivity index (χ3v) is 5.60. The van der Waals surface area contributed by atoms with E-state index in [9.17, 15) is 28.8 Å². The number of carbonyl (C=O) groups is 6. The molecule has 1 aromatic carbocycles. The number of Topliss-reactive ketones (excluding diaryl/α,β-unsaturated/α-hetero) is 1. The minimum absolute atomic E-state index is 0.112. The molecule has 1 aromatic rings. The van der Waals surface area contributed by atoms with Gasteiger partial charge in [0.15, 0.2) is 0 Å². The minimum Gasteiger partial charge on any atom is -0.493 e. The fourth-order valence-electron chi connectivity index (χ4n) is 3.64. The van der Waals surface area contributed by atoms with Crippen LogP contribution >= 0.6 is 0 Å². The Morgan fingerprint density at radius 1 is 0.684 bits per heavy atom. The van der Waals surface area contributed by atoms with Crippen molar-refractivity contribution >= 4 is 41.0 Å². The molecule has 0 bridgehead atoms. The van der Waals surface area contributed by atoms with E-state index >= 15 is 0 Å². The summed E-state index contributed by atoms with van der Waals surface area (Å²) in [5.41, 5.74) is 0.915. The van der Waals surface area contributed by atoms with Gasteiger partial charge < -0.3 is 26.0 Å². The Kier molecular flexibility index (Phi) is 13.3. The number of fused-ring (bicyclic) bond motifs is 1. The van der Waals surface area contributed by atoms with Crippen LogP contribution in [0.15, 0.2) is 30.3 Å². The van der Waals surface area contributed by atoms with Gasteiger partial charge in [0.05, 0.1) is 6.61 Å². The molecule has 1 aliphatic carbocycles. The number of rotatable bonds is 17. The zero-order valence-electron chi connectivity index (χ0n) is 21.7. The van der Waals surface area contributed by atoms with Crippen molar-refractivity contribution in [2.75, 3.05) is 32.8 Å². The van der Waals surface area contributed by atoms with Gasteiger partial charge in [-0.25, -0.2) is 0 Å². The largest absolute Gasteiger partial charge is 0.493 e. The zero-order chi connectivity index (χ0) is 27.8. The second kappa shape index (κ2) is 16.7. The van der Waals surface area contributed by atoms with Crippen molar-refractivity contribution in [2.45, 2.75) is 51.9 Å². The van der Waals surface area contributed by atoms with E-state index in [2.05, 4.69) is 21.3 Å². The first-order valence-electron chi connectivity index (χ1n) is 12.9. The number of benzene rings is 1. The van der Waals surface area contributed by atoms with Crippen molar-refractivity contribution in [1.82, 2.24) is 21.3 Å². The molecule has 38 heavy (non-hydrogen) atoms. The first-order chi connectivity index (χ1) is 18.3. The molecular weight excluding hydrogens is 492 g/mol. The Morgan fingerprint density at radius 2 is 1.24 bits per heavy atom. The first kappa shape index (κ1) is 30.2. The highest BCUT2D eigenvalue weighted by Gasteiger charge is 2.26. The van der Waals surface area contributed by atoms with Crippen LogP contribution < -0.4 is 21.3 Å². The molecule has 0 aromatic heterocycles. The normalized spacial score (nSPS) is 12.2. The van der Waals surface area contributed by atoms with Crippen LogP contribution in [-0.2, 0) is 28.7 Å². The van der Waals surface area contributed by atoms with Crippen LogP contribution in [0.4, 0.5) is 0 Å². The predicted molar refractivity (Wildman–Crippen MR) is 140 cm³/mol. The molecule has 2 rings (SSSR count). The Balaban J connectivity index is 1.48. The molecule has 1 aliphatic rings. The van der Waals surface area contributed by atoms with Gasteiger partial charge in [-0.05, 0) is 26.2 Å². The number of amides is 4. The summed E-state index contributed by atoms with van der Waals surface area (Å²) in [6.45, 7) is 3.50. The van der Waals surface area contributed by atoms with E-state index in [1.54, 1.807) is 24.3 Å². The number of ether oxygens (including phenoxy) is 1. The van der Waals surface area contributed by atoms with Crippen molar-refractivity contribution < 1.29 is 33.5 Å². The second-order valence-electron chi connectivity index (χ2n) is 8.66. The quantitative estimate of drug-likeness (QED) is 0.173. The van der Waals surface area contributed by atoms with Gasteiger partial charge in [-0.15, -0.1) is 0 Å². The lowest BCUT2D eigenvalue weighted by molar-refractivity contribution is -0.124. The lowest BCUT2D eigenvalue weighted by Gasteiger charge is -2.16. The van der Waals surface area contributed by atoms with Crippen molar-refractivity contribution in [3.05, 3.63) is 41.5 Å². The van der Waals surface area contributed by atoms with Gasteiger partial charge >= 0.3 is 0 Å². The van der Waals surface area contributed by atoms with Crippen molar-refractivity contribution in [3.8, 4) is 0 Å². The van der Waals surface area contributed by atoms with E-state index < -0.39 is 11.6 Å². The van der Waals surface area contributed by atoms with Crippen LogP contribution in [0.2, 0.25) is 0 Å². The Morgan fingerprint density at radius 3 is 1.89 bits per heavy atom. The molecule has 11 nitrogen and oxygen atoms in total. The number of allylic oxidation sites excluding steroid dienone is 1. The highest BCUT2D eigenvalue weighted by Crippen LogP contribution is 2.25. The molecule has 0 aliphatic heterocycles. The fraction of sp³-hybridized carbons (Fsp3) is 0.481. The van der Waals surface area contributed by atoms with Crippen LogP contribution in [0.3, 0.4) is 0 Å². The molecule has 4 amide bonds. The summed E-state index contributed by atoms with van der Waals surface area (Å²) in [7, 11) is 0. The third kappa shape index (κ3) is 10.9. The SMILES string of the molecule is CCNC(=O)CCNC(=O)CCCNC(=O)CCNC(=O)CCCCOC1=CC(=O)C(=O)c2ccccc21. The minimum atomic E-state index is -0.613. The van der Waals surface area contributed by atoms with E-state index in [0.717, 1.165) is 0 Å². The molecule has 206 valence electrons. The number of carbonyl (C=O) groups excluding carboxylic acids is 6. The molecule has 0 fully saturated rings. The van der Waals surface area contributed by atoms with Crippen molar-refractivity contribution in [3.63, 3.8) is 0 Å². The average Bonchev–Trinajstić information content (AvgIpc) is 2.89. The highest BCUT2D eigenvalue weighted by molar-refractivity contribution is 6.50. The maximum atomic E-state index is 12.0. The van der Waals surface area contributed by atoms with Crippen LogP contribution in [0, 0.1) is 0 Å². The summed E-state index contributed by atoms with van der Waals surface area (Å²) in [5, 5.41) is 10.7. The number of unbranched alkanes of at least 4 members (excludes halogenated alkanes) is 1. The van der Waals surface area contributed by atoms with Crippen LogP contribution in [0.1, 0.15) is 67.8 Å². The average molecular weight is 529 g/mol. The van der Waals surface area contributed by atoms with E-state index in [1.807, 2.05) is 6.92 Å². The fourth-order valence-corrected chi connectivity index (χ4v) is 3.64. The van der Waals surface area contributed by atoms with Gasteiger partial charge in [0, 0.05) is 69.1 Å². The van der Waals surface area contributed by atoms with E-state index in [1.165, 1.54) is 6.08 Å².